The number of unbranched alkanes of at least 4 members (excludes halogenated alkanes) is 37. The van der Waals surface area contributed by atoms with Gasteiger partial charge in [-0.1, -0.05) is 275 Å². The minimum Gasteiger partial charge on any atom is -0.462 e. The Morgan fingerprint density at radius 2 is 0.529 bits per heavy atom. The lowest BCUT2D eigenvalue weighted by Gasteiger charge is -2.18. The van der Waals surface area contributed by atoms with Crippen LogP contribution in [-0.4, -0.2) is 37.2 Å². The van der Waals surface area contributed by atoms with Crippen molar-refractivity contribution in [2.75, 3.05) is 13.2 Å². The van der Waals surface area contributed by atoms with Gasteiger partial charge < -0.3 is 14.2 Å². The van der Waals surface area contributed by atoms with Crippen molar-refractivity contribution in [2.24, 2.45) is 0 Å². The fourth-order valence-corrected chi connectivity index (χ4v) is 8.90. The van der Waals surface area contributed by atoms with Crippen molar-refractivity contribution in [3.63, 3.8) is 0 Å². The van der Waals surface area contributed by atoms with Crippen LogP contribution in [0.1, 0.15) is 323 Å². The summed E-state index contributed by atoms with van der Waals surface area (Å²) in [5.41, 5.74) is 0. The van der Waals surface area contributed by atoms with Crippen molar-refractivity contribution >= 4 is 17.9 Å². The molecular weight excluding hydrogens is 865 g/mol. The number of carbonyl (C=O) groups is 3. The second-order valence-electron chi connectivity index (χ2n) is 20.6. The topological polar surface area (TPSA) is 78.9 Å². The van der Waals surface area contributed by atoms with Gasteiger partial charge in [0.15, 0.2) is 6.10 Å². The van der Waals surface area contributed by atoms with Crippen LogP contribution in [-0.2, 0) is 28.6 Å². The number of ether oxygens (including phenoxy) is 3. The van der Waals surface area contributed by atoms with Crippen LogP contribution in [0.15, 0.2) is 48.6 Å². The van der Waals surface area contributed by atoms with E-state index in [0.717, 1.165) is 96.3 Å². The Balaban J connectivity index is 3.89. The van der Waals surface area contributed by atoms with E-state index in [9.17, 15) is 14.4 Å². The number of allylic oxidation sites excluding steroid dienone is 8. The SMILES string of the molecule is CCCC/C=C\C/C=C\CCCCCCCC(=O)OC(COC(=O)CCCCCCC)COC(=O)CCCCCCCCCCCCCCCCCCCCCCC/C=C\C/C=C\CCCCCCC. The normalized spacial score (nSPS) is 12.3. The first-order valence-corrected chi connectivity index (χ1v) is 30.6. The van der Waals surface area contributed by atoms with E-state index in [0.29, 0.717) is 19.3 Å². The molecule has 0 saturated heterocycles. The monoisotopic (exact) mass is 981 g/mol. The fraction of sp³-hybridized carbons (Fsp3) is 0.828. The maximum Gasteiger partial charge on any atom is 0.306 e. The minimum absolute atomic E-state index is 0.0758. The zero-order valence-corrected chi connectivity index (χ0v) is 46.8. The van der Waals surface area contributed by atoms with Gasteiger partial charge in [-0.15, -0.1) is 0 Å². The lowest BCUT2D eigenvalue weighted by molar-refractivity contribution is -0.167. The second kappa shape index (κ2) is 58.9. The highest BCUT2D eigenvalue weighted by molar-refractivity contribution is 5.71. The van der Waals surface area contributed by atoms with Gasteiger partial charge in [-0.25, -0.2) is 0 Å². The van der Waals surface area contributed by atoms with Gasteiger partial charge >= 0.3 is 17.9 Å². The van der Waals surface area contributed by atoms with Gasteiger partial charge in [-0.05, 0) is 77.0 Å². The second-order valence-corrected chi connectivity index (χ2v) is 20.6. The summed E-state index contributed by atoms with van der Waals surface area (Å²) in [5.74, 6) is -0.892. The molecule has 0 saturated carbocycles. The first-order chi connectivity index (χ1) is 34.5. The molecule has 0 aliphatic carbocycles. The van der Waals surface area contributed by atoms with E-state index in [4.69, 9.17) is 14.2 Å². The van der Waals surface area contributed by atoms with Crippen LogP contribution in [0.25, 0.3) is 0 Å². The lowest BCUT2D eigenvalue weighted by atomic mass is 10.0. The van der Waals surface area contributed by atoms with Gasteiger partial charge in [0.2, 0.25) is 0 Å². The summed E-state index contributed by atoms with van der Waals surface area (Å²) in [5, 5.41) is 0. The Morgan fingerprint density at radius 1 is 0.286 bits per heavy atom. The molecular formula is C64H116O6. The van der Waals surface area contributed by atoms with Crippen molar-refractivity contribution in [2.45, 2.75) is 329 Å². The van der Waals surface area contributed by atoms with Crippen molar-refractivity contribution in [1.29, 1.82) is 0 Å². The maximum atomic E-state index is 12.7. The maximum absolute atomic E-state index is 12.7. The summed E-state index contributed by atoms with van der Waals surface area (Å²) in [6.07, 6.45) is 73.3. The van der Waals surface area contributed by atoms with Crippen LogP contribution in [0.3, 0.4) is 0 Å². The van der Waals surface area contributed by atoms with Gasteiger partial charge in [0.1, 0.15) is 13.2 Å². The highest BCUT2D eigenvalue weighted by Gasteiger charge is 2.19. The summed E-state index contributed by atoms with van der Waals surface area (Å²) in [6, 6.07) is 0. The zero-order chi connectivity index (χ0) is 50.7. The molecule has 0 fully saturated rings. The number of carbonyl (C=O) groups excluding carboxylic acids is 3. The molecule has 1 atom stereocenters. The molecule has 0 radical (unpaired) electrons. The van der Waals surface area contributed by atoms with Gasteiger partial charge in [0.05, 0.1) is 0 Å². The van der Waals surface area contributed by atoms with E-state index in [1.807, 2.05) is 0 Å². The van der Waals surface area contributed by atoms with E-state index in [2.05, 4.69) is 69.4 Å². The zero-order valence-electron chi connectivity index (χ0n) is 46.8. The van der Waals surface area contributed by atoms with Crippen molar-refractivity contribution in [1.82, 2.24) is 0 Å². The van der Waals surface area contributed by atoms with E-state index in [1.165, 1.54) is 186 Å². The molecule has 0 spiro atoms. The van der Waals surface area contributed by atoms with Crippen LogP contribution in [0.2, 0.25) is 0 Å². The van der Waals surface area contributed by atoms with Gasteiger partial charge in [-0.3, -0.25) is 14.4 Å². The first kappa shape index (κ1) is 67.4. The Labute approximate surface area is 435 Å². The average molecular weight is 982 g/mol. The van der Waals surface area contributed by atoms with Gasteiger partial charge in [-0.2, -0.15) is 0 Å². The van der Waals surface area contributed by atoms with E-state index < -0.39 is 6.10 Å². The molecule has 1 unspecified atom stereocenters. The summed E-state index contributed by atoms with van der Waals surface area (Å²) in [6.45, 7) is 6.52. The molecule has 0 N–H and O–H groups in total. The first-order valence-electron chi connectivity index (χ1n) is 30.6. The van der Waals surface area contributed by atoms with Crippen LogP contribution >= 0.6 is 0 Å². The molecule has 70 heavy (non-hydrogen) atoms. The van der Waals surface area contributed by atoms with E-state index in [1.54, 1.807) is 0 Å². The van der Waals surface area contributed by atoms with Crippen LogP contribution in [0.4, 0.5) is 0 Å². The summed E-state index contributed by atoms with van der Waals surface area (Å²) < 4.78 is 16.7. The third-order valence-corrected chi connectivity index (χ3v) is 13.6. The van der Waals surface area contributed by atoms with Crippen molar-refractivity contribution in [3.8, 4) is 0 Å². The molecule has 408 valence electrons. The molecule has 6 heteroatoms. The third-order valence-electron chi connectivity index (χ3n) is 13.6. The van der Waals surface area contributed by atoms with Crippen LogP contribution < -0.4 is 0 Å². The number of hydrogen-bond donors (Lipinski definition) is 0. The average Bonchev–Trinajstić information content (AvgIpc) is 3.36. The lowest BCUT2D eigenvalue weighted by Crippen LogP contribution is -2.30. The molecule has 0 aliphatic rings. The quantitative estimate of drug-likeness (QED) is 0.0261. The van der Waals surface area contributed by atoms with E-state index >= 15 is 0 Å². The number of rotatable bonds is 56. The highest BCUT2D eigenvalue weighted by Crippen LogP contribution is 2.17. The summed E-state index contributed by atoms with van der Waals surface area (Å²) >= 11 is 0. The summed E-state index contributed by atoms with van der Waals surface area (Å²) in [4.78, 5) is 37.7. The number of esters is 3. The molecule has 0 rings (SSSR count). The van der Waals surface area contributed by atoms with Gasteiger partial charge in [0.25, 0.3) is 0 Å². The highest BCUT2D eigenvalue weighted by atomic mass is 16.6. The van der Waals surface area contributed by atoms with Crippen molar-refractivity contribution in [3.05, 3.63) is 48.6 Å². The molecule has 6 nitrogen and oxygen atoms in total. The molecule has 0 bridgehead atoms. The molecule has 0 heterocycles. The van der Waals surface area contributed by atoms with Crippen LogP contribution in [0.5, 0.6) is 0 Å². The Hall–Kier alpha value is -2.63. The summed E-state index contributed by atoms with van der Waals surface area (Å²) in [7, 11) is 0. The minimum atomic E-state index is -0.774. The van der Waals surface area contributed by atoms with E-state index in [-0.39, 0.29) is 31.1 Å². The fourth-order valence-electron chi connectivity index (χ4n) is 8.90. The Morgan fingerprint density at radius 3 is 0.829 bits per heavy atom. The Bertz CT molecular complexity index is 1220. The van der Waals surface area contributed by atoms with Crippen LogP contribution in [0, 0.1) is 0 Å². The molecule has 0 aromatic heterocycles. The van der Waals surface area contributed by atoms with Crippen molar-refractivity contribution < 1.29 is 28.6 Å². The van der Waals surface area contributed by atoms with Gasteiger partial charge in [0, 0.05) is 19.3 Å². The number of hydrogen-bond acceptors (Lipinski definition) is 6. The smallest absolute Gasteiger partial charge is 0.306 e. The Kier molecular flexibility index (Phi) is 56.7. The molecule has 0 amide bonds. The molecule has 0 aromatic rings. The predicted octanol–water partition coefficient (Wildman–Crippen LogP) is 20.6. The predicted molar refractivity (Wildman–Crippen MR) is 302 cm³/mol. The third kappa shape index (κ3) is 56.3. The molecule has 0 aromatic carbocycles. The standard InChI is InChI=1S/C64H116O6/c1-4-7-10-13-15-17-19-21-23-24-25-26-27-28-29-30-31-32-33-34-35-36-37-38-39-40-41-43-44-46-48-51-54-57-63(66)69-60-61(59-68-62(65)56-53-50-12-9-6-3)70-64(67)58-55-52-49-47-45-42-22-20-18-16-14-11-8-5-2/h14,16,19-22,24-25,61H,4-13,15,17-18,23,26-60H2,1-3H3/b16-14-,21-19-,22-20-,25-24-. The largest absolute Gasteiger partial charge is 0.462 e. The molecule has 0 aliphatic heterocycles.